The first-order valence-electron chi connectivity index (χ1n) is 7.63. The fourth-order valence-electron chi connectivity index (χ4n) is 3.54. The van der Waals surface area contributed by atoms with Crippen molar-refractivity contribution < 1.29 is 0 Å². The number of piperidine rings is 1. The monoisotopic (exact) mass is 265 g/mol. The Morgan fingerprint density at radius 3 is 1.95 bits per heavy atom. The fourth-order valence-corrected chi connectivity index (χ4v) is 3.54. The molecule has 1 saturated heterocycles. The van der Waals surface area contributed by atoms with Crippen LogP contribution in [-0.4, -0.2) is 25.0 Å². The Morgan fingerprint density at radius 1 is 0.900 bits per heavy atom. The van der Waals surface area contributed by atoms with Crippen molar-refractivity contribution in [2.75, 3.05) is 20.1 Å². The van der Waals surface area contributed by atoms with E-state index in [1.165, 1.54) is 37.1 Å². The van der Waals surface area contributed by atoms with Gasteiger partial charge in [-0.15, -0.1) is 0 Å². The van der Waals surface area contributed by atoms with Gasteiger partial charge in [-0.3, -0.25) is 0 Å². The minimum absolute atomic E-state index is 0.528. The molecule has 0 radical (unpaired) electrons. The van der Waals surface area contributed by atoms with Gasteiger partial charge in [-0.1, -0.05) is 60.7 Å². The lowest BCUT2D eigenvalue weighted by molar-refractivity contribution is 0.196. The molecule has 0 aromatic heterocycles. The van der Waals surface area contributed by atoms with E-state index in [4.69, 9.17) is 0 Å². The van der Waals surface area contributed by atoms with Crippen LogP contribution in [-0.2, 0) is 0 Å². The molecule has 0 N–H and O–H groups in total. The minimum atomic E-state index is 0.528. The molecular formula is C19H23N. The van der Waals surface area contributed by atoms with Gasteiger partial charge in [-0.2, -0.15) is 0 Å². The SMILES string of the molecule is CN1CCCC(C(c2ccccc2)c2ccccc2)C1. The Morgan fingerprint density at radius 2 is 1.45 bits per heavy atom. The highest BCUT2D eigenvalue weighted by molar-refractivity contribution is 5.33. The number of hydrogen-bond acceptors (Lipinski definition) is 1. The maximum absolute atomic E-state index is 2.48. The van der Waals surface area contributed by atoms with E-state index in [1.807, 2.05) is 0 Å². The maximum Gasteiger partial charge on any atom is 0.0130 e. The third-order valence-corrected chi connectivity index (χ3v) is 4.45. The third-order valence-electron chi connectivity index (χ3n) is 4.45. The number of rotatable bonds is 3. The zero-order valence-corrected chi connectivity index (χ0v) is 12.2. The Kier molecular flexibility index (Phi) is 4.17. The van der Waals surface area contributed by atoms with Gasteiger partial charge in [0.1, 0.15) is 0 Å². The molecule has 1 fully saturated rings. The molecule has 0 spiro atoms. The van der Waals surface area contributed by atoms with Crippen LogP contribution in [0.4, 0.5) is 0 Å². The van der Waals surface area contributed by atoms with Crippen LogP contribution in [0.2, 0.25) is 0 Å². The zero-order chi connectivity index (χ0) is 13.8. The third kappa shape index (κ3) is 2.94. The van der Waals surface area contributed by atoms with Gasteiger partial charge in [0.15, 0.2) is 0 Å². The molecule has 3 rings (SSSR count). The molecule has 1 aliphatic heterocycles. The normalized spacial score (nSPS) is 20.2. The molecule has 0 bridgehead atoms. The lowest BCUT2D eigenvalue weighted by Gasteiger charge is -2.35. The Balaban J connectivity index is 1.95. The van der Waals surface area contributed by atoms with E-state index in [0.717, 1.165) is 5.92 Å². The van der Waals surface area contributed by atoms with Crippen molar-refractivity contribution in [3.8, 4) is 0 Å². The van der Waals surface area contributed by atoms with E-state index in [0.29, 0.717) is 5.92 Å². The number of benzene rings is 2. The van der Waals surface area contributed by atoms with Gasteiger partial charge in [-0.25, -0.2) is 0 Å². The summed E-state index contributed by atoms with van der Waals surface area (Å²) in [5.41, 5.74) is 2.91. The van der Waals surface area contributed by atoms with Crippen molar-refractivity contribution in [3.63, 3.8) is 0 Å². The number of likely N-dealkylation sites (tertiary alicyclic amines) is 1. The maximum atomic E-state index is 2.48. The lowest BCUT2D eigenvalue weighted by Crippen LogP contribution is -2.35. The van der Waals surface area contributed by atoms with Crippen LogP contribution < -0.4 is 0 Å². The van der Waals surface area contributed by atoms with Crippen molar-refractivity contribution in [3.05, 3.63) is 71.8 Å². The topological polar surface area (TPSA) is 3.24 Å². The minimum Gasteiger partial charge on any atom is -0.306 e. The van der Waals surface area contributed by atoms with Gasteiger partial charge in [-0.05, 0) is 43.5 Å². The number of nitrogens with zero attached hydrogens (tertiary/aromatic N) is 1. The second-order valence-electron chi connectivity index (χ2n) is 5.96. The summed E-state index contributed by atoms with van der Waals surface area (Å²) in [7, 11) is 2.25. The largest absolute Gasteiger partial charge is 0.306 e. The van der Waals surface area contributed by atoms with Gasteiger partial charge in [0.2, 0.25) is 0 Å². The first kappa shape index (κ1) is 13.4. The summed E-state index contributed by atoms with van der Waals surface area (Å²) in [6.45, 7) is 2.45. The molecular weight excluding hydrogens is 242 g/mol. The molecule has 1 nitrogen and oxygen atoms in total. The van der Waals surface area contributed by atoms with Crippen LogP contribution in [0.1, 0.15) is 29.9 Å². The summed E-state index contributed by atoms with van der Waals surface area (Å²) < 4.78 is 0. The smallest absolute Gasteiger partial charge is 0.0130 e. The quantitative estimate of drug-likeness (QED) is 0.805. The van der Waals surface area contributed by atoms with Gasteiger partial charge in [0, 0.05) is 12.5 Å². The zero-order valence-electron chi connectivity index (χ0n) is 12.2. The van der Waals surface area contributed by atoms with Crippen molar-refractivity contribution in [2.45, 2.75) is 18.8 Å². The Bertz CT molecular complexity index is 480. The van der Waals surface area contributed by atoms with Crippen molar-refractivity contribution in [1.29, 1.82) is 0 Å². The Labute approximate surface area is 122 Å². The summed E-state index contributed by atoms with van der Waals surface area (Å²) in [4.78, 5) is 2.48. The highest BCUT2D eigenvalue weighted by Crippen LogP contribution is 2.36. The van der Waals surface area contributed by atoms with E-state index in [9.17, 15) is 0 Å². The fraction of sp³-hybridized carbons (Fsp3) is 0.368. The molecule has 104 valence electrons. The average Bonchev–Trinajstić information content (AvgIpc) is 2.50. The first-order chi connectivity index (χ1) is 9.84. The van der Waals surface area contributed by atoms with Crippen LogP contribution in [0.15, 0.2) is 60.7 Å². The second kappa shape index (κ2) is 6.23. The van der Waals surface area contributed by atoms with E-state index < -0.39 is 0 Å². The van der Waals surface area contributed by atoms with E-state index >= 15 is 0 Å². The van der Waals surface area contributed by atoms with Crippen LogP contribution in [0.5, 0.6) is 0 Å². The van der Waals surface area contributed by atoms with Crippen molar-refractivity contribution >= 4 is 0 Å². The highest BCUT2D eigenvalue weighted by Gasteiger charge is 2.28. The molecule has 1 heteroatoms. The second-order valence-corrected chi connectivity index (χ2v) is 5.96. The van der Waals surface area contributed by atoms with Gasteiger partial charge in [0.25, 0.3) is 0 Å². The van der Waals surface area contributed by atoms with Crippen LogP contribution in [0.25, 0.3) is 0 Å². The lowest BCUT2D eigenvalue weighted by atomic mass is 9.77. The van der Waals surface area contributed by atoms with Crippen LogP contribution >= 0.6 is 0 Å². The van der Waals surface area contributed by atoms with Gasteiger partial charge < -0.3 is 4.90 Å². The average molecular weight is 265 g/mol. The predicted octanol–water partition coefficient (Wildman–Crippen LogP) is 4.16. The molecule has 1 heterocycles. The van der Waals surface area contributed by atoms with Crippen LogP contribution in [0.3, 0.4) is 0 Å². The summed E-state index contributed by atoms with van der Waals surface area (Å²) in [5, 5.41) is 0. The summed E-state index contributed by atoms with van der Waals surface area (Å²) in [6, 6.07) is 22.0. The molecule has 20 heavy (non-hydrogen) atoms. The molecule has 0 aliphatic carbocycles. The van der Waals surface area contributed by atoms with Crippen molar-refractivity contribution in [1.82, 2.24) is 4.90 Å². The molecule has 0 saturated carbocycles. The number of hydrogen-bond donors (Lipinski definition) is 0. The molecule has 0 amide bonds. The van der Waals surface area contributed by atoms with Crippen LogP contribution in [0, 0.1) is 5.92 Å². The standard InChI is InChI=1S/C19H23N/c1-20-14-8-13-18(15-20)19(16-9-4-2-5-10-16)17-11-6-3-7-12-17/h2-7,9-12,18-19H,8,13-15H2,1H3. The predicted molar refractivity (Wildman–Crippen MR) is 84.9 cm³/mol. The Hall–Kier alpha value is -1.60. The van der Waals surface area contributed by atoms with E-state index in [2.05, 4.69) is 72.6 Å². The summed E-state index contributed by atoms with van der Waals surface area (Å²) in [5.74, 6) is 1.25. The van der Waals surface area contributed by atoms with Crippen molar-refractivity contribution in [2.24, 2.45) is 5.92 Å². The summed E-state index contributed by atoms with van der Waals surface area (Å²) in [6.07, 6.45) is 2.65. The molecule has 1 unspecified atom stereocenters. The molecule has 2 aromatic rings. The van der Waals surface area contributed by atoms with Gasteiger partial charge in [0.05, 0.1) is 0 Å². The highest BCUT2D eigenvalue weighted by atomic mass is 15.1. The first-order valence-corrected chi connectivity index (χ1v) is 7.63. The van der Waals surface area contributed by atoms with Gasteiger partial charge >= 0.3 is 0 Å². The molecule has 1 aliphatic rings. The summed E-state index contributed by atoms with van der Waals surface area (Å²) >= 11 is 0. The molecule has 1 atom stereocenters. The molecule has 2 aromatic carbocycles. The van der Waals surface area contributed by atoms with E-state index in [1.54, 1.807) is 0 Å². The van der Waals surface area contributed by atoms with E-state index in [-0.39, 0.29) is 0 Å².